The van der Waals surface area contributed by atoms with E-state index in [1.807, 2.05) is 0 Å². The maximum Gasteiger partial charge on any atom is 0.325 e. The van der Waals surface area contributed by atoms with Crippen molar-refractivity contribution in [1.29, 1.82) is 0 Å². The Morgan fingerprint density at radius 1 is 1.36 bits per heavy atom. The fourth-order valence-corrected chi connectivity index (χ4v) is 2.48. The molecule has 0 aliphatic heterocycles. The number of aromatic nitrogens is 5. The van der Waals surface area contributed by atoms with E-state index in [9.17, 15) is 18.4 Å². The first-order chi connectivity index (χ1) is 10.5. The third kappa shape index (κ3) is 1.85. The topological polar surface area (TPSA) is 95.9 Å². The minimum Gasteiger partial charge on any atom is -0.313 e. The van der Waals surface area contributed by atoms with Crippen molar-refractivity contribution in [2.24, 2.45) is 0 Å². The van der Waals surface area contributed by atoms with E-state index in [1.165, 1.54) is 29.2 Å². The molecule has 0 amide bonds. The molecule has 0 aromatic carbocycles. The Bertz CT molecular complexity index is 1000. The second-order valence-corrected chi connectivity index (χ2v) is 5.18. The summed E-state index contributed by atoms with van der Waals surface area (Å²) in [5.74, 6) is -3.69. The molecular weight excluding hydrogens is 296 g/mol. The summed E-state index contributed by atoms with van der Waals surface area (Å²) in [4.78, 5) is 31.4. The van der Waals surface area contributed by atoms with Crippen LogP contribution in [0.2, 0.25) is 0 Å². The minimum atomic E-state index is -2.76. The summed E-state index contributed by atoms with van der Waals surface area (Å²) in [5, 5.41) is 4.18. The third-order valence-electron chi connectivity index (χ3n) is 3.68. The Balaban J connectivity index is 1.96. The van der Waals surface area contributed by atoms with Crippen LogP contribution in [0.4, 0.5) is 8.78 Å². The van der Waals surface area contributed by atoms with Gasteiger partial charge >= 0.3 is 5.69 Å². The quantitative estimate of drug-likeness (QED) is 0.735. The van der Waals surface area contributed by atoms with Crippen LogP contribution in [0.1, 0.15) is 17.9 Å². The molecule has 1 atom stereocenters. The van der Waals surface area contributed by atoms with Crippen LogP contribution in [0.15, 0.2) is 34.2 Å². The molecule has 7 nitrogen and oxygen atoms in total. The number of alkyl halides is 2. The molecule has 1 fully saturated rings. The number of aromatic amines is 2. The predicted molar refractivity (Wildman–Crippen MR) is 72.0 cm³/mol. The maximum atomic E-state index is 13.4. The number of imidazole rings is 1. The van der Waals surface area contributed by atoms with Crippen LogP contribution in [0.5, 0.6) is 0 Å². The minimum absolute atomic E-state index is 0.0976. The van der Waals surface area contributed by atoms with E-state index in [0.29, 0.717) is 11.2 Å². The zero-order valence-electron chi connectivity index (χ0n) is 11.0. The molecule has 0 spiro atoms. The average Bonchev–Trinajstić information content (AvgIpc) is 2.87. The third-order valence-corrected chi connectivity index (χ3v) is 3.68. The second kappa shape index (κ2) is 4.09. The van der Waals surface area contributed by atoms with Crippen LogP contribution in [-0.2, 0) is 0 Å². The maximum absolute atomic E-state index is 13.4. The highest BCUT2D eigenvalue weighted by Gasteiger charge is 2.58. The fraction of sp³-hybridized carbons (Fsp3) is 0.231. The van der Waals surface area contributed by atoms with Gasteiger partial charge < -0.3 is 4.98 Å². The van der Waals surface area contributed by atoms with E-state index in [1.54, 1.807) is 0 Å². The van der Waals surface area contributed by atoms with E-state index in [2.05, 4.69) is 20.1 Å². The zero-order chi connectivity index (χ0) is 15.5. The van der Waals surface area contributed by atoms with Gasteiger partial charge in [-0.1, -0.05) is 0 Å². The van der Waals surface area contributed by atoms with Gasteiger partial charge in [0.2, 0.25) is 0 Å². The van der Waals surface area contributed by atoms with E-state index in [-0.39, 0.29) is 17.7 Å². The summed E-state index contributed by atoms with van der Waals surface area (Å²) in [7, 11) is 0. The normalized spacial score (nSPS) is 19.5. The second-order valence-electron chi connectivity index (χ2n) is 5.18. The number of H-pyrrole nitrogens is 2. The Kier molecular flexibility index (Phi) is 2.39. The van der Waals surface area contributed by atoms with Crippen LogP contribution >= 0.6 is 0 Å². The lowest BCUT2D eigenvalue weighted by Gasteiger charge is -2.06. The van der Waals surface area contributed by atoms with Crippen molar-refractivity contribution in [1.82, 2.24) is 24.6 Å². The highest BCUT2D eigenvalue weighted by Crippen LogP contribution is 2.56. The molecule has 1 saturated carbocycles. The van der Waals surface area contributed by atoms with E-state index >= 15 is 0 Å². The number of halogens is 2. The van der Waals surface area contributed by atoms with E-state index in [0.717, 1.165) is 0 Å². The van der Waals surface area contributed by atoms with Gasteiger partial charge in [0.1, 0.15) is 0 Å². The Hall–Kier alpha value is -2.84. The summed E-state index contributed by atoms with van der Waals surface area (Å²) in [6.07, 6.45) is 3.93. The number of nitrogens with one attached hydrogen (secondary N) is 2. The standard InChI is InChI=1S/C13H9F2N5O2/c14-13(15)4-8(13)6-3-9(19-20-2-1-16-10(6)20)7-5-17-12(22)18-11(7)21/h1-3,5,8H,4H2,(H2,17,18,21,22). The molecule has 3 aromatic heterocycles. The molecule has 2 N–H and O–H groups in total. The number of fused-ring (bicyclic) bond motifs is 1. The number of hydrogen-bond acceptors (Lipinski definition) is 4. The van der Waals surface area contributed by atoms with Gasteiger partial charge in [-0.2, -0.15) is 5.10 Å². The summed E-state index contributed by atoms with van der Waals surface area (Å²) >= 11 is 0. The smallest absolute Gasteiger partial charge is 0.313 e. The molecule has 0 radical (unpaired) electrons. The van der Waals surface area contributed by atoms with Crippen LogP contribution in [0, 0.1) is 0 Å². The van der Waals surface area contributed by atoms with Gasteiger partial charge in [0.25, 0.3) is 11.5 Å². The Morgan fingerprint density at radius 3 is 2.82 bits per heavy atom. The summed E-state index contributed by atoms with van der Waals surface area (Å²) in [5.41, 5.74) is -0.311. The number of rotatable bonds is 2. The molecule has 22 heavy (non-hydrogen) atoms. The summed E-state index contributed by atoms with van der Waals surface area (Å²) in [6, 6.07) is 1.43. The SMILES string of the molecule is O=c1[nH]cc(-c2cc(C3CC3(F)F)c3nccn3n2)c(=O)[nH]1. The van der Waals surface area contributed by atoms with Crippen LogP contribution in [0.3, 0.4) is 0 Å². The van der Waals surface area contributed by atoms with Gasteiger partial charge in [0.05, 0.1) is 17.2 Å². The van der Waals surface area contributed by atoms with Gasteiger partial charge in [-0.15, -0.1) is 0 Å². The van der Waals surface area contributed by atoms with Crippen LogP contribution in [-0.4, -0.2) is 30.5 Å². The van der Waals surface area contributed by atoms with Gasteiger partial charge in [-0.25, -0.2) is 23.1 Å². The first kappa shape index (κ1) is 12.9. The van der Waals surface area contributed by atoms with Crippen molar-refractivity contribution in [3.63, 3.8) is 0 Å². The van der Waals surface area contributed by atoms with Crippen molar-refractivity contribution in [2.75, 3.05) is 0 Å². The van der Waals surface area contributed by atoms with Crippen LogP contribution in [0.25, 0.3) is 16.9 Å². The lowest BCUT2D eigenvalue weighted by Crippen LogP contribution is -2.23. The van der Waals surface area contributed by atoms with Crippen molar-refractivity contribution in [2.45, 2.75) is 18.3 Å². The van der Waals surface area contributed by atoms with Crippen molar-refractivity contribution in [3.8, 4) is 11.3 Å². The summed E-state index contributed by atoms with van der Waals surface area (Å²) in [6.45, 7) is 0. The predicted octanol–water partition coefficient (Wildman–Crippen LogP) is 0.895. The van der Waals surface area contributed by atoms with Gasteiger partial charge in [-0.05, 0) is 6.07 Å². The molecule has 4 rings (SSSR count). The lowest BCUT2D eigenvalue weighted by molar-refractivity contribution is 0.112. The molecule has 1 aliphatic carbocycles. The monoisotopic (exact) mass is 305 g/mol. The summed E-state index contributed by atoms with van der Waals surface area (Å²) < 4.78 is 28.2. The Labute approximate surface area is 120 Å². The highest BCUT2D eigenvalue weighted by molar-refractivity contribution is 5.63. The molecule has 9 heteroatoms. The van der Waals surface area contributed by atoms with Gasteiger partial charge in [0, 0.05) is 30.6 Å². The van der Waals surface area contributed by atoms with Crippen molar-refractivity contribution >= 4 is 5.65 Å². The first-order valence-electron chi connectivity index (χ1n) is 6.50. The van der Waals surface area contributed by atoms with E-state index in [4.69, 9.17) is 0 Å². The Morgan fingerprint density at radius 2 is 2.14 bits per heavy atom. The lowest BCUT2D eigenvalue weighted by atomic mass is 10.1. The molecule has 1 aliphatic rings. The highest BCUT2D eigenvalue weighted by atomic mass is 19.3. The molecule has 3 aromatic rings. The largest absolute Gasteiger partial charge is 0.325 e. The number of hydrogen-bond donors (Lipinski definition) is 2. The molecule has 3 heterocycles. The molecule has 0 bridgehead atoms. The first-order valence-corrected chi connectivity index (χ1v) is 6.50. The molecule has 0 saturated heterocycles. The molecule has 112 valence electrons. The van der Waals surface area contributed by atoms with E-state index < -0.39 is 23.1 Å². The van der Waals surface area contributed by atoms with Crippen molar-refractivity contribution < 1.29 is 8.78 Å². The zero-order valence-corrected chi connectivity index (χ0v) is 11.0. The molecular formula is C13H9F2N5O2. The van der Waals surface area contributed by atoms with Crippen molar-refractivity contribution in [3.05, 3.63) is 51.1 Å². The average molecular weight is 305 g/mol. The van der Waals surface area contributed by atoms with Crippen LogP contribution < -0.4 is 11.2 Å². The fourth-order valence-electron chi connectivity index (χ4n) is 2.48. The van der Waals surface area contributed by atoms with Gasteiger partial charge in [0.15, 0.2) is 5.65 Å². The number of nitrogens with zero attached hydrogens (tertiary/aromatic N) is 3. The van der Waals surface area contributed by atoms with Gasteiger partial charge in [-0.3, -0.25) is 9.78 Å². The molecule has 1 unspecified atom stereocenters.